The summed E-state index contributed by atoms with van der Waals surface area (Å²) in [4.78, 5) is 21.1. The molecule has 3 aromatic rings. The first-order valence-electron chi connectivity index (χ1n) is 5.77. The van der Waals surface area contributed by atoms with Gasteiger partial charge in [-0.25, -0.2) is 4.98 Å². The number of aromatic nitrogens is 2. The van der Waals surface area contributed by atoms with E-state index < -0.39 is 0 Å². The number of nitrogens with zero attached hydrogens (tertiary/aromatic N) is 1. The van der Waals surface area contributed by atoms with Gasteiger partial charge in [0.05, 0.1) is 5.39 Å². The van der Waals surface area contributed by atoms with Crippen LogP contribution in [0.15, 0.2) is 27.4 Å². The average Bonchev–Trinajstić information content (AvgIpc) is 2.94. The van der Waals surface area contributed by atoms with Gasteiger partial charge in [0.1, 0.15) is 10.6 Å². The Labute approximate surface area is 107 Å². The van der Waals surface area contributed by atoms with Crippen molar-refractivity contribution in [3.63, 3.8) is 0 Å². The number of fused-ring (bicyclic) bond motifs is 1. The molecule has 0 aromatic carbocycles. The molecule has 3 heterocycles. The minimum Gasteiger partial charge on any atom is -0.458 e. The highest BCUT2D eigenvalue weighted by molar-refractivity contribution is 7.18. The Bertz CT molecular complexity index is 767. The lowest BCUT2D eigenvalue weighted by atomic mass is 10.3. The summed E-state index contributed by atoms with van der Waals surface area (Å²) in [5, 5.41) is 0.656. The first-order chi connectivity index (χ1) is 8.67. The predicted molar refractivity (Wildman–Crippen MR) is 72.1 cm³/mol. The third-order valence-electron chi connectivity index (χ3n) is 2.78. The molecular formula is C13H12N2O2S. The number of rotatable bonds is 2. The summed E-state index contributed by atoms with van der Waals surface area (Å²) in [5.74, 6) is 1.89. The zero-order valence-corrected chi connectivity index (χ0v) is 10.9. The molecule has 18 heavy (non-hydrogen) atoms. The van der Waals surface area contributed by atoms with Crippen LogP contribution in [-0.2, 0) is 6.42 Å². The average molecular weight is 260 g/mol. The van der Waals surface area contributed by atoms with Crippen molar-refractivity contribution < 1.29 is 4.42 Å². The second-order valence-electron chi connectivity index (χ2n) is 4.11. The predicted octanol–water partition coefficient (Wildman–Crippen LogP) is 3.12. The van der Waals surface area contributed by atoms with Gasteiger partial charge in [0.15, 0.2) is 11.6 Å². The van der Waals surface area contributed by atoms with Crippen LogP contribution >= 0.6 is 11.3 Å². The largest absolute Gasteiger partial charge is 0.458 e. The van der Waals surface area contributed by atoms with Gasteiger partial charge in [-0.1, -0.05) is 6.92 Å². The molecule has 4 nitrogen and oxygen atoms in total. The summed E-state index contributed by atoms with van der Waals surface area (Å²) >= 11 is 1.55. The summed E-state index contributed by atoms with van der Waals surface area (Å²) in [6.07, 6.45) is 0.912. The Hall–Kier alpha value is -1.88. The number of hydrogen-bond donors (Lipinski definition) is 1. The zero-order valence-electron chi connectivity index (χ0n) is 10.1. The fraction of sp³-hybridized carbons (Fsp3) is 0.231. The van der Waals surface area contributed by atoms with Crippen LogP contribution in [0.25, 0.3) is 21.8 Å². The maximum Gasteiger partial charge on any atom is 0.260 e. The molecule has 0 amide bonds. The monoisotopic (exact) mass is 260 g/mol. The van der Waals surface area contributed by atoms with Crippen molar-refractivity contribution in [2.45, 2.75) is 20.3 Å². The molecular weight excluding hydrogens is 248 g/mol. The summed E-state index contributed by atoms with van der Waals surface area (Å²) in [6.45, 7) is 3.93. The van der Waals surface area contributed by atoms with Crippen LogP contribution in [0.5, 0.6) is 0 Å². The highest BCUT2D eigenvalue weighted by Crippen LogP contribution is 2.24. The lowest BCUT2D eigenvalue weighted by Gasteiger charge is -1.96. The summed E-state index contributed by atoms with van der Waals surface area (Å²) in [6, 6.07) is 5.57. The summed E-state index contributed by atoms with van der Waals surface area (Å²) in [5.41, 5.74) is -0.111. The van der Waals surface area contributed by atoms with Gasteiger partial charge >= 0.3 is 0 Å². The number of aromatic amines is 1. The molecule has 0 atom stereocenters. The van der Waals surface area contributed by atoms with Gasteiger partial charge in [0, 0.05) is 4.88 Å². The highest BCUT2D eigenvalue weighted by atomic mass is 32.1. The third-order valence-corrected chi connectivity index (χ3v) is 3.95. The van der Waals surface area contributed by atoms with E-state index in [1.165, 1.54) is 0 Å². The highest BCUT2D eigenvalue weighted by Gasteiger charge is 2.11. The standard InChI is InChI=1S/C13H12N2O2S/c1-3-8-6-9-12(16)14-11(15-13(9)18-8)10-5-4-7(2)17-10/h4-6H,3H2,1-2H3,(H,14,15,16). The molecule has 0 unspecified atom stereocenters. The van der Waals surface area contributed by atoms with Crippen LogP contribution in [-0.4, -0.2) is 9.97 Å². The molecule has 0 saturated carbocycles. The second-order valence-corrected chi connectivity index (χ2v) is 5.23. The summed E-state index contributed by atoms with van der Waals surface area (Å²) < 4.78 is 5.48. The molecule has 0 aliphatic rings. The fourth-order valence-electron chi connectivity index (χ4n) is 1.83. The van der Waals surface area contributed by atoms with E-state index in [0.29, 0.717) is 17.0 Å². The lowest BCUT2D eigenvalue weighted by molar-refractivity contribution is 0.544. The van der Waals surface area contributed by atoms with Gasteiger partial charge in [0.2, 0.25) is 0 Å². The molecule has 0 fully saturated rings. The van der Waals surface area contributed by atoms with Gasteiger partial charge in [-0.3, -0.25) is 4.79 Å². The fourth-order valence-corrected chi connectivity index (χ4v) is 2.80. The van der Waals surface area contributed by atoms with Crippen molar-refractivity contribution >= 4 is 21.6 Å². The van der Waals surface area contributed by atoms with Crippen molar-refractivity contribution in [2.75, 3.05) is 0 Å². The minimum atomic E-state index is -0.111. The number of aryl methyl sites for hydroxylation is 2. The van der Waals surface area contributed by atoms with Crippen molar-refractivity contribution in [3.8, 4) is 11.6 Å². The Morgan fingerprint density at radius 3 is 2.94 bits per heavy atom. The van der Waals surface area contributed by atoms with Crippen molar-refractivity contribution in [1.82, 2.24) is 9.97 Å². The van der Waals surface area contributed by atoms with Gasteiger partial charge in [0.25, 0.3) is 5.56 Å². The first-order valence-corrected chi connectivity index (χ1v) is 6.58. The topological polar surface area (TPSA) is 58.9 Å². The number of furan rings is 1. The van der Waals surface area contributed by atoms with Crippen molar-refractivity contribution in [2.24, 2.45) is 0 Å². The van der Waals surface area contributed by atoms with Gasteiger partial charge in [-0.05, 0) is 31.5 Å². The minimum absolute atomic E-state index is 0.111. The molecule has 5 heteroatoms. The van der Waals surface area contributed by atoms with Crippen LogP contribution in [0.2, 0.25) is 0 Å². The van der Waals surface area contributed by atoms with E-state index in [0.717, 1.165) is 21.9 Å². The molecule has 0 aliphatic carbocycles. The third kappa shape index (κ3) is 1.76. The molecule has 0 saturated heterocycles. The molecule has 0 radical (unpaired) electrons. The van der Waals surface area contributed by atoms with E-state index >= 15 is 0 Å². The van der Waals surface area contributed by atoms with E-state index in [9.17, 15) is 4.79 Å². The SMILES string of the molecule is CCc1cc2c(=O)[nH]c(-c3ccc(C)o3)nc2s1. The van der Waals surface area contributed by atoms with Gasteiger partial charge in [-0.15, -0.1) is 11.3 Å². The Balaban J connectivity index is 2.23. The van der Waals surface area contributed by atoms with Gasteiger partial charge in [-0.2, -0.15) is 0 Å². The van der Waals surface area contributed by atoms with Gasteiger partial charge < -0.3 is 9.40 Å². The number of hydrogen-bond acceptors (Lipinski definition) is 4. The molecule has 0 aliphatic heterocycles. The number of H-pyrrole nitrogens is 1. The van der Waals surface area contributed by atoms with Crippen LogP contribution in [0.4, 0.5) is 0 Å². The Kier molecular flexibility index (Phi) is 2.56. The van der Waals surface area contributed by atoms with E-state index in [2.05, 4.69) is 16.9 Å². The van der Waals surface area contributed by atoms with E-state index in [1.807, 2.05) is 25.1 Å². The molecule has 1 N–H and O–H groups in total. The van der Waals surface area contributed by atoms with Crippen molar-refractivity contribution in [1.29, 1.82) is 0 Å². The van der Waals surface area contributed by atoms with E-state index in [4.69, 9.17) is 4.42 Å². The van der Waals surface area contributed by atoms with Crippen LogP contribution < -0.4 is 5.56 Å². The molecule has 0 spiro atoms. The Morgan fingerprint density at radius 1 is 1.44 bits per heavy atom. The number of nitrogens with one attached hydrogen (secondary N) is 1. The Morgan fingerprint density at radius 2 is 2.28 bits per heavy atom. The maximum atomic E-state index is 12.0. The smallest absolute Gasteiger partial charge is 0.260 e. The molecule has 92 valence electrons. The first kappa shape index (κ1) is 11.2. The quantitative estimate of drug-likeness (QED) is 0.770. The second kappa shape index (κ2) is 4.10. The summed E-state index contributed by atoms with van der Waals surface area (Å²) in [7, 11) is 0. The molecule has 3 rings (SSSR count). The zero-order chi connectivity index (χ0) is 12.7. The normalized spacial score (nSPS) is 11.2. The van der Waals surface area contributed by atoms with E-state index in [1.54, 1.807) is 11.3 Å². The van der Waals surface area contributed by atoms with Crippen molar-refractivity contribution in [3.05, 3.63) is 39.2 Å². The maximum absolute atomic E-state index is 12.0. The molecule has 0 bridgehead atoms. The van der Waals surface area contributed by atoms with Crippen LogP contribution in [0, 0.1) is 6.92 Å². The molecule has 3 aromatic heterocycles. The number of thiophene rings is 1. The van der Waals surface area contributed by atoms with E-state index in [-0.39, 0.29) is 5.56 Å². The van der Waals surface area contributed by atoms with Crippen LogP contribution in [0.1, 0.15) is 17.6 Å². The van der Waals surface area contributed by atoms with Crippen LogP contribution in [0.3, 0.4) is 0 Å². The lowest BCUT2D eigenvalue weighted by Crippen LogP contribution is -2.07.